The van der Waals surface area contributed by atoms with Crippen molar-refractivity contribution in [1.82, 2.24) is 10.2 Å². The number of amides is 2. The standard InChI is InChI=1S/C14H18N2O2S/c1-2-12-14(18)15-8-9-16(12)13(17)10-19-11-6-4-3-5-7-11/h3-7,12H,2,8-10H2,1H3,(H,15,18). The summed E-state index contributed by atoms with van der Waals surface area (Å²) in [5.41, 5.74) is 0. The third-order valence-corrected chi connectivity index (χ3v) is 4.14. The van der Waals surface area contributed by atoms with Crippen molar-refractivity contribution >= 4 is 23.6 Å². The molecule has 1 fully saturated rings. The fraction of sp³-hybridized carbons (Fsp3) is 0.429. The Morgan fingerprint density at radius 1 is 1.42 bits per heavy atom. The van der Waals surface area contributed by atoms with Gasteiger partial charge in [-0.2, -0.15) is 0 Å². The third-order valence-electron chi connectivity index (χ3n) is 3.14. The van der Waals surface area contributed by atoms with Gasteiger partial charge in [0.15, 0.2) is 0 Å². The van der Waals surface area contributed by atoms with E-state index in [0.717, 1.165) is 4.90 Å². The van der Waals surface area contributed by atoms with Crippen LogP contribution in [0.1, 0.15) is 13.3 Å². The minimum absolute atomic E-state index is 0.0354. The summed E-state index contributed by atoms with van der Waals surface area (Å²) in [6, 6.07) is 9.52. The SMILES string of the molecule is CCC1C(=O)NCCN1C(=O)CSc1ccccc1. The summed E-state index contributed by atoms with van der Waals surface area (Å²) in [4.78, 5) is 26.7. The van der Waals surface area contributed by atoms with Gasteiger partial charge in [-0.25, -0.2) is 0 Å². The molecule has 0 radical (unpaired) electrons. The van der Waals surface area contributed by atoms with Crippen LogP contribution in [0.15, 0.2) is 35.2 Å². The molecule has 0 aliphatic carbocycles. The van der Waals surface area contributed by atoms with Gasteiger partial charge in [0.05, 0.1) is 5.75 Å². The molecule has 1 unspecified atom stereocenters. The highest BCUT2D eigenvalue weighted by Gasteiger charge is 2.31. The number of thioether (sulfide) groups is 1. The van der Waals surface area contributed by atoms with E-state index in [1.165, 1.54) is 11.8 Å². The van der Waals surface area contributed by atoms with Crippen molar-refractivity contribution in [2.45, 2.75) is 24.3 Å². The zero-order valence-corrected chi connectivity index (χ0v) is 11.8. The monoisotopic (exact) mass is 278 g/mol. The van der Waals surface area contributed by atoms with Crippen molar-refractivity contribution in [3.05, 3.63) is 30.3 Å². The van der Waals surface area contributed by atoms with Gasteiger partial charge in [0, 0.05) is 18.0 Å². The number of piperazine rings is 1. The lowest BCUT2D eigenvalue weighted by Gasteiger charge is -2.34. The highest BCUT2D eigenvalue weighted by molar-refractivity contribution is 8.00. The van der Waals surface area contributed by atoms with Crippen LogP contribution in [0.4, 0.5) is 0 Å². The topological polar surface area (TPSA) is 49.4 Å². The smallest absolute Gasteiger partial charge is 0.242 e. The maximum atomic E-state index is 12.2. The van der Waals surface area contributed by atoms with E-state index in [1.807, 2.05) is 37.3 Å². The number of nitrogens with zero attached hydrogens (tertiary/aromatic N) is 1. The molecule has 2 amide bonds. The number of hydrogen-bond acceptors (Lipinski definition) is 3. The van der Waals surface area contributed by atoms with Crippen LogP contribution in [0, 0.1) is 0 Å². The van der Waals surface area contributed by atoms with Gasteiger partial charge < -0.3 is 10.2 Å². The minimum Gasteiger partial charge on any atom is -0.353 e. The van der Waals surface area contributed by atoms with Crippen LogP contribution in [0.5, 0.6) is 0 Å². The highest BCUT2D eigenvalue weighted by Crippen LogP contribution is 2.19. The summed E-state index contributed by atoms with van der Waals surface area (Å²) in [5.74, 6) is 0.385. The van der Waals surface area contributed by atoms with Crippen LogP contribution in [0.2, 0.25) is 0 Å². The first kappa shape index (κ1) is 13.9. The van der Waals surface area contributed by atoms with E-state index >= 15 is 0 Å². The van der Waals surface area contributed by atoms with Gasteiger partial charge in [-0.1, -0.05) is 25.1 Å². The third kappa shape index (κ3) is 3.50. The second-order valence-corrected chi connectivity index (χ2v) is 5.45. The van der Waals surface area contributed by atoms with Crippen molar-refractivity contribution in [2.24, 2.45) is 0 Å². The summed E-state index contributed by atoms with van der Waals surface area (Å²) >= 11 is 1.51. The van der Waals surface area contributed by atoms with Gasteiger partial charge >= 0.3 is 0 Å². The second kappa shape index (κ2) is 6.61. The number of rotatable bonds is 4. The van der Waals surface area contributed by atoms with Crippen LogP contribution in [-0.4, -0.2) is 41.6 Å². The van der Waals surface area contributed by atoms with Gasteiger partial charge in [0.25, 0.3) is 0 Å². The van der Waals surface area contributed by atoms with E-state index in [2.05, 4.69) is 5.32 Å². The van der Waals surface area contributed by atoms with Crippen molar-refractivity contribution in [2.75, 3.05) is 18.8 Å². The van der Waals surface area contributed by atoms with Crippen molar-refractivity contribution < 1.29 is 9.59 Å². The number of hydrogen-bond donors (Lipinski definition) is 1. The number of nitrogens with one attached hydrogen (secondary N) is 1. The Kier molecular flexibility index (Phi) is 4.85. The van der Waals surface area contributed by atoms with Crippen LogP contribution in [0.3, 0.4) is 0 Å². The van der Waals surface area contributed by atoms with Crippen LogP contribution in [-0.2, 0) is 9.59 Å². The molecule has 1 N–H and O–H groups in total. The lowest BCUT2D eigenvalue weighted by Crippen LogP contribution is -2.57. The molecule has 5 heteroatoms. The largest absolute Gasteiger partial charge is 0.353 e. The van der Waals surface area contributed by atoms with Crippen molar-refractivity contribution in [1.29, 1.82) is 0 Å². The van der Waals surface area contributed by atoms with Crippen molar-refractivity contribution in [3.63, 3.8) is 0 Å². The first-order valence-corrected chi connectivity index (χ1v) is 7.46. The molecular formula is C14H18N2O2S. The average molecular weight is 278 g/mol. The van der Waals surface area contributed by atoms with E-state index in [1.54, 1.807) is 4.90 Å². The molecule has 102 valence electrons. The van der Waals surface area contributed by atoms with Crippen LogP contribution < -0.4 is 5.32 Å². The Morgan fingerprint density at radius 3 is 2.84 bits per heavy atom. The van der Waals surface area contributed by atoms with Gasteiger partial charge in [0.1, 0.15) is 6.04 Å². The maximum Gasteiger partial charge on any atom is 0.242 e. The van der Waals surface area contributed by atoms with Gasteiger partial charge in [0.2, 0.25) is 11.8 Å². The fourth-order valence-electron chi connectivity index (χ4n) is 2.16. The van der Waals surface area contributed by atoms with Gasteiger partial charge in [-0.05, 0) is 18.6 Å². The molecule has 4 nitrogen and oxygen atoms in total. The molecule has 0 bridgehead atoms. The summed E-state index contributed by atoms with van der Waals surface area (Å²) in [6.07, 6.45) is 0.660. The first-order valence-electron chi connectivity index (χ1n) is 6.47. The Balaban J connectivity index is 1.93. The zero-order valence-electron chi connectivity index (χ0n) is 11.0. The Bertz CT molecular complexity index is 450. The van der Waals surface area contributed by atoms with Crippen LogP contribution in [0.25, 0.3) is 0 Å². The normalized spacial score (nSPS) is 19.1. The Morgan fingerprint density at radius 2 is 2.16 bits per heavy atom. The summed E-state index contributed by atoms with van der Waals surface area (Å²) < 4.78 is 0. The van der Waals surface area contributed by atoms with E-state index in [9.17, 15) is 9.59 Å². The summed E-state index contributed by atoms with van der Waals surface area (Å²) in [7, 11) is 0. The molecule has 1 aromatic rings. The molecule has 19 heavy (non-hydrogen) atoms. The van der Waals surface area contributed by atoms with E-state index in [0.29, 0.717) is 25.3 Å². The Labute approximate surface area is 117 Å². The van der Waals surface area contributed by atoms with Crippen molar-refractivity contribution in [3.8, 4) is 0 Å². The molecule has 1 heterocycles. The Hall–Kier alpha value is -1.49. The molecule has 1 aliphatic rings. The summed E-state index contributed by atoms with van der Waals surface area (Å²) in [5, 5.41) is 2.80. The second-order valence-electron chi connectivity index (χ2n) is 4.40. The predicted octanol–water partition coefficient (Wildman–Crippen LogP) is 1.52. The molecular weight excluding hydrogens is 260 g/mol. The molecule has 1 atom stereocenters. The predicted molar refractivity (Wildman–Crippen MR) is 76.0 cm³/mol. The molecule has 1 saturated heterocycles. The minimum atomic E-state index is -0.308. The molecule has 2 rings (SSSR count). The lowest BCUT2D eigenvalue weighted by molar-refractivity contribution is -0.141. The number of carbonyl (C=O) groups excluding carboxylic acids is 2. The van der Waals surface area contributed by atoms with E-state index < -0.39 is 0 Å². The van der Waals surface area contributed by atoms with E-state index in [-0.39, 0.29) is 17.9 Å². The average Bonchev–Trinajstić information content (AvgIpc) is 2.45. The van der Waals surface area contributed by atoms with Gasteiger partial charge in [-0.3, -0.25) is 9.59 Å². The van der Waals surface area contributed by atoms with Crippen LogP contribution >= 0.6 is 11.8 Å². The van der Waals surface area contributed by atoms with E-state index in [4.69, 9.17) is 0 Å². The number of benzene rings is 1. The van der Waals surface area contributed by atoms with Gasteiger partial charge in [-0.15, -0.1) is 11.8 Å². The molecule has 1 aliphatic heterocycles. The molecule has 0 saturated carbocycles. The maximum absolute atomic E-state index is 12.2. The molecule has 1 aromatic carbocycles. The fourth-order valence-corrected chi connectivity index (χ4v) is 2.97. The summed E-state index contributed by atoms with van der Waals surface area (Å²) in [6.45, 7) is 3.09. The molecule has 0 spiro atoms. The lowest BCUT2D eigenvalue weighted by atomic mass is 10.1. The number of carbonyl (C=O) groups is 2. The zero-order chi connectivity index (χ0) is 13.7. The first-order chi connectivity index (χ1) is 9.22. The molecule has 0 aromatic heterocycles. The quantitative estimate of drug-likeness (QED) is 0.850. The highest BCUT2D eigenvalue weighted by atomic mass is 32.2.